The zero-order valence-corrected chi connectivity index (χ0v) is 20.5. The number of hydrogen-bond acceptors (Lipinski definition) is 10. The van der Waals surface area contributed by atoms with Crippen LogP contribution in [-0.4, -0.2) is 67.0 Å². The number of rotatable bonds is 8. The van der Waals surface area contributed by atoms with Gasteiger partial charge in [0, 0.05) is 42.8 Å². The number of anilines is 1. The molecule has 5 rings (SSSR count). The van der Waals surface area contributed by atoms with E-state index >= 15 is 0 Å². The van der Waals surface area contributed by atoms with Crippen molar-refractivity contribution in [2.45, 2.75) is 6.54 Å². The number of ketones is 2. The molecule has 1 aliphatic carbocycles. The second-order valence-corrected chi connectivity index (χ2v) is 8.40. The lowest BCUT2D eigenvalue weighted by Crippen LogP contribution is -2.32. The van der Waals surface area contributed by atoms with Crippen LogP contribution in [-0.2, 0) is 20.9 Å². The van der Waals surface area contributed by atoms with E-state index in [-0.39, 0.29) is 17.3 Å². The number of benzene rings is 2. The first-order chi connectivity index (χ1) is 18.1. The van der Waals surface area contributed by atoms with E-state index in [2.05, 4.69) is 15.3 Å². The van der Waals surface area contributed by atoms with Gasteiger partial charge in [0.1, 0.15) is 31.1 Å². The average molecular weight is 503 g/mol. The van der Waals surface area contributed by atoms with Crippen LogP contribution in [0.5, 0.6) is 17.2 Å². The second-order valence-electron chi connectivity index (χ2n) is 8.40. The Balaban J connectivity index is 1.38. The summed E-state index contributed by atoms with van der Waals surface area (Å²) in [5.74, 6) is 1.55. The number of methoxy groups -OCH3 is 2. The normalized spacial score (nSPS) is 15.4. The number of fused-ring (bicyclic) bond motifs is 2. The van der Waals surface area contributed by atoms with Crippen molar-refractivity contribution < 1.29 is 28.5 Å². The molecule has 1 aliphatic heterocycles. The largest absolute Gasteiger partial charge is 0.493 e. The molecule has 10 nitrogen and oxygen atoms in total. The standard InChI is InChI=1S/C27H26N4O6/c1-34-9-10-37-26-13-19-18(11-25(26)35-2)27(29-16-28-19)30-20-12-23(33)21(14-22(20)32)31-7-8-36-24-6-4-3-5-17(24)15-31/h3-6,11-14,16H,7-10,15H2,1-2H3,(H,28,29,30). The van der Waals surface area contributed by atoms with Crippen LogP contribution in [0.2, 0.25) is 0 Å². The Labute approximate surface area is 213 Å². The van der Waals surface area contributed by atoms with Crippen LogP contribution in [0.15, 0.2) is 66.3 Å². The summed E-state index contributed by atoms with van der Waals surface area (Å²) in [6, 6.07) is 11.1. The smallest absolute Gasteiger partial charge is 0.204 e. The molecule has 0 unspecified atom stereocenters. The van der Waals surface area contributed by atoms with Crippen LogP contribution < -0.4 is 19.5 Å². The minimum absolute atomic E-state index is 0.125. The summed E-state index contributed by atoms with van der Waals surface area (Å²) in [6.45, 7) is 2.15. The van der Waals surface area contributed by atoms with Crippen molar-refractivity contribution in [3.05, 3.63) is 71.8 Å². The first-order valence-electron chi connectivity index (χ1n) is 11.8. The van der Waals surface area contributed by atoms with E-state index in [0.29, 0.717) is 66.8 Å². The highest BCUT2D eigenvalue weighted by molar-refractivity contribution is 6.21. The highest BCUT2D eigenvalue weighted by Gasteiger charge is 2.27. The number of hydrogen-bond donors (Lipinski definition) is 1. The van der Waals surface area contributed by atoms with Crippen molar-refractivity contribution in [3.63, 3.8) is 0 Å². The minimum atomic E-state index is -0.328. The number of nitrogens with zero attached hydrogens (tertiary/aromatic N) is 3. The van der Waals surface area contributed by atoms with Crippen LogP contribution in [0, 0.1) is 0 Å². The molecular formula is C27H26N4O6. The predicted molar refractivity (Wildman–Crippen MR) is 136 cm³/mol. The Bertz CT molecular complexity index is 1420. The Morgan fingerprint density at radius 2 is 1.89 bits per heavy atom. The van der Waals surface area contributed by atoms with Gasteiger partial charge in [0.2, 0.25) is 11.6 Å². The molecule has 0 radical (unpaired) electrons. The molecule has 2 heterocycles. The van der Waals surface area contributed by atoms with Gasteiger partial charge in [-0.05, 0) is 12.1 Å². The van der Waals surface area contributed by atoms with E-state index in [1.807, 2.05) is 29.2 Å². The maximum atomic E-state index is 13.1. The Hall–Kier alpha value is -4.44. The van der Waals surface area contributed by atoms with Gasteiger partial charge in [-0.2, -0.15) is 0 Å². The monoisotopic (exact) mass is 502 g/mol. The molecule has 1 aromatic heterocycles. The fourth-order valence-electron chi connectivity index (χ4n) is 4.22. The van der Waals surface area contributed by atoms with E-state index in [4.69, 9.17) is 18.9 Å². The number of para-hydroxylation sites is 1. The van der Waals surface area contributed by atoms with Crippen molar-refractivity contribution in [2.24, 2.45) is 0 Å². The van der Waals surface area contributed by atoms with E-state index in [1.54, 1.807) is 19.2 Å². The minimum Gasteiger partial charge on any atom is -0.493 e. The van der Waals surface area contributed by atoms with Crippen LogP contribution in [0.4, 0.5) is 5.82 Å². The zero-order valence-electron chi connectivity index (χ0n) is 20.5. The Kier molecular flexibility index (Phi) is 7.00. The molecule has 0 fully saturated rings. The van der Waals surface area contributed by atoms with Crippen molar-refractivity contribution in [2.75, 3.05) is 45.9 Å². The van der Waals surface area contributed by atoms with E-state index < -0.39 is 0 Å². The Morgan fingerprint density at radius 3 is 2.73 bits per heavy atom. The third kappa shape index (κ3) is 5.10. The number of carbonyl (C=O) groups excluding carboxylic acids is 2. The van der Waals surface area contributed by atoms with Crippen LogP contribution in [0.25, 0.3) is 10.9 Å². The predicted octanol–water partition coefficient (Wildman–Crippen LogP) is 2.89. The topological polar surface area (TPSA) is 112 Å². The summed E-state index contributed by atoms with van der Waals surface area (Å²) in [4.78, 5) is 36.7. The second kappa shape index (κ2) is 10.7. The summed E-state index contributed by atoms with van der Waals surface area (Å²) >= 11 is 0. The zero-order chi connectivity index (χ0) is 25.8. The van der Waals surface area contributed by atoms with Gasteiger partial charge in [-0.25, -0.2) is 9.97 Å². The average Bonchev–Trinajstić information content (AvgIpc) is 3.13. The fourth-order valence-corrected chi connectivity index (χ4v) is 4.22. The van der Waals surface area contributed by atoms with Gasteiger partial charge in [-0.15, -0.1) is 0 Å². The maximum Gasteiger partial charge on any atom is 0.204 e. The van der Waals surface area contributed by atoms with Gasteiger partial charge in [-0.3, -0.25) is 9.59 Å². The van der Waals surface area contributed by atoms with Crippen molar-refractivity contribution >= 4 is 28.3 Å². The first-order valence-corrected chi connectivity index (χ1v) is 11.8. The van der Waals surface area contributed by atoms with Crippen LogP contribution >= 0.6 is 0 Å². The molecule has 1 N–H and O–H groups in total. The van der Waals surface area contributed by atoms with Gasteiger partial charge < -0.3 is 29.2 Å². The molecule has 2 aromatic carbocycles. The van der Waals surface area contributed by atoms with Gasteiger partial charge in [0.15, 0.2) is 11.5 Å². The van der Waals surface area contributed by atoms with Gasteiger partial charge in [0.25, 0.3) is 0 Å². The van der Waals surface area contributed by atoms with Crippen molar-refractivity contribution in [1.82, 2.24) is 14.9 Å². The highest BCUT2D eigenvalue weighted by atomic mass is 16.5. The fraction of sp³-hybridized carbons (Fsp3) is 0.259. The number of allylic oxidation sites excluding steroid dienone is 2. The highest BCUT2D eigenvalue weighted by Crippen LogP contribution is 2.34. The lowest BCUT2D eigenvalue weighted by molar-refractivity contribution is -0.116. The lowest BCUT2D eigenvalue weighted by Gasteiger charge is -2.25. The van der Waals surface area contributed by atoms with Crippen LogP contribution in [0.3, 0.4) is 0 Å². The Morgan fingerprint density at radius 1 is 1.03 bits per heavy atom. The molecule has 0 atom stereocenters. The number of aromatic nitrogens is 2. The number of ether oxygens (including phenoxy) is 4. The maximum absolute atomic E-state index is 13.1. The molecule has 2 aliphatic rings. The molecule has 37 heavy (non-hydrogen) atoms. The quantitative estimate of drug-likeness (QED) is 0.364. The molecule has 3 aromatic rings. The summed E-state index contributed by atoms with van der Waals surface area (Å²) in [7, 11) is 3.13. The third-order valence-electron chi connectivity index (χ3n) is 6.07. The number of nitrogens with one attached hydrogen (secondary N) is 1. The number of carbonyl (C=O) groups is 2. The van der Waals surface area contributed by atoms with Gasteiger partial charge in [-0.1, -0.05) is 18.2 Å². The molecule has 190 valence electrons. The third-order valence-corrected chi connectivity index (χ3v) is 6.07. The summed E-state index contributed by atoms with van der Waals surface area (Å²) in [5, 5.41) is 3.62. The van der Waals surface area contributed by atoms with Crippen molar-refractivity contribution in [3.8, 4) is 17.2 Å². The summed E-state index contributed by atoms with van der Waals surface area (Å²) in [6.07, 6.45) is 4.05. The summed E-state index contributed by atoms with van der Waals surface area (Å²) < 4.78 is 22.0. The summed E-state index contributed by atoms with van der Waals surface area (Å²) in [5.41, 5.74) is 2.00. The van der Waals surface area contributed by atoms with E-state index in [0.717, 1.165) is 11.3 Å². The molecule has 0 bridgehead atoms. The van der Waals surface area contributed by atoms with Crippen LogP contribution in [0.1, 0.15) is 5.56 Å². The SMILES string of the molecule is COCCOc1cc2ncnc(NC3=CC(=O)C(N4CCOc5ccccc5C4)=CC3=O)c2cc1OC. The molecule has 0 spiro atoms. The molecule has 0 amide bonds. The van der Waals surface area contributed by atoms with E-state index in [9.17, 15) is 9.59 Å². The molecule has 0 saturated heterocycles. The van der Waals surface area contributed by atoms with E-state index in [1.165, 1.54) is 25.6 Å². The molecule has 10 heteroatoms. The lowest BCUT2D eigenvalue weighted by atomic mass is 10.0. The first kappa shape index (κ1) is 24.3. The van der Waals surface area contributed by atoms with Crippen molar-refractivity contribution in [1.29, 1.82) is 0 Å². The van der Waals surface area contributed by atoms with Gasteiger partial charge >= 0.3 is 0 Å². The van der Waals surface area contributed by atoms with Gasteiger partial charge in [0.05, 0.1) is 37.2 Å². The molecular weight excluding hydrogens is 476 g/mol. The molecule has 0 saturated carbocycles.